The fourth-order valence-electron chi connectivity index (χ4n) is 3.73. The van der Waals surface area contributed by atoms with Crippen LogP contribution in [0.25, 0.3) is 10.9 Å². The van der Waals surface area contributed by atoms with E-state index in [4.69, 9.17) is 4.74 Å². The molecule has 1 aromatic carbocycles. The number of nitrogens with one attached hydrogen (secondary N) is 1. The van der Waals surface area contributed by atoms with Gasteiger partial charge in [-0.25, -0.2) is 0 Å². The van der Waals surface area contributed by atoms with Crippen LogP contribution in [0.1, 0.15) is 34.5 Å². The molecule has 1 saturated heterocycles. The van der Waals surface area contributed by atoms with Crippen LogP contribution in [0.4, 0.5) is 0 Å². The van der Waals surface area contributed by atoms with Crippen LogP contribution < -0.4 is 5.32 Å². The highest BCUT2D eigenvalue weighted by Crippen LogP contribution is 2.38. The Bertz CT molecular complexity index is 756. The van der Waals surface area contributed by atoms with Gasteiger partial charge < -0.3 is 10.1 Å². The molecule has 114 valence electrons. The van der Waals surface area contributed by atoms with Gasteiger partial charge in [0.2, 0.25) is 0 Å². The molecule has 4 rings (SSSR count). The van der Waals surface area contributed by atoms with Crippen molar-refractivity contribution in [2.45, 2.75) is 38.8 Å². The number of pyridine rings is 1. The van der Waals surface area contributed by atoms with Crippen molar-refractivity contribution in [3.63, 3.8) is 0 Å². The third kappa shape index (κ3) is 2.18. The molecule has 2 aromatic rings. The summed E-state index contributed by atoms with van der Waals surface area (Å²) in [5.41, 5.74) is 3.75. The maximum Gasteiger partial charge on any atom is 0.251 e. The molecular formula is C18H20N2O2. The highest BCUT2D eigenvalue weighted by atomic mass is 16.5. The van der Waals surface area contributed by atoms with Gasteiger partial charge in [0.05, 0.1) is 11.6 Å². The van der Waals surface area contributed by atoms with Crippen LogP contribution in [0.5, 0.6) is 0 Å². The lowest BCUT2D eigenvalue weighted by Crippen LogP contribution is -2.53. The molecule has 3 atom stereocenters. The predicted octanol–water partition coefficient (Wildman–Crippen LogP) is 2.76. The maximum atomic E-state index is 12.5. The minimum Gasteiger partial charge on any atom is -0.378 e. The summed E-state index contributed by atoms with van der Waals surface area (Å²) in [5, 5.41) is 4.26. The van der Waals surface area contributed by atoms with Crippen LogP contribution in [0.2, 0.25) is 0 Å². The quantitative estimate of drug-likeness (QED) is 0.927. The second-order valence-corrected chi connectivity index (χ2v) is 6.49. The Balaban J connectivity index is 1.57. The number of benzene rings is 1. The Hall–Kier alpha value is -1.94. The molecule has 1 aliphatic heterocycles. The number of ether oxygens (including phenoxy) is 1. The fraction of sp³-hybridized carbons (Fsp3) is 0.444. The molecule has 2 aliphatic rings. The number of fused-ring (bicyclic) bond motifs is 2. The van der Waals surface area contributed by atoms with E-state index >= 15 is 0 Å². The molecule has 0 radical (unpaired) electrons. The molecule has 1 aliphatic carbocycles. The van der Waals surface area contributed by atoms with Gasteiger partial charge in [0.1, 0.15) is 0 Å². The smallest absolute Gasteiger partial charge is 0.251 e. The highest BCUT2D eigenvalue weighted by Gasteiger charge is 2.45. The van der Waals surface area contributed by atoms with E-state index in [1.165, 1.54) is 5.56 Å². The largest absolute Gasteiger partial charge is 0.378 e. The predicted molar refractivity (Wildman–Crippen MR) is 84.9 cm³/mol. The molecule has 22 heavy (non-hydrogen) atoms. The first kappa shape index (κ1) is 13.7. The molecule has 0 bridgehead atoms. The van der Waals surface area contributed by atoms with Crippen LogP contribution in [0, 0.1) is 19.8 Å². The Kier molecular flexibility index (Phi) is 3.15. The van der Waals surface area contributed by atoms with Gasteiger partial charge in [-0.1, -0.05) is 6.07 Å². The van der Waals surface area contributed by atoms with Crippen LogP contribution in [0.15, 0.2) is 24.3 Å². The Labute approximate surface area is 129 Å². The number of nitrogens with zero attached hydrogens (tertiary/aromatic N) is 1. The molecule has 4 heteroatoms. The Morgan fingerprint density at radius 3 is 3.00 bits per heavy atom. The minimum atomic E-state index is -0.00166. The van der Waals surface area contributed by atoms with Gasteiger partial charge in [-0.15, -0.1) is 0 Å². The summed E-state index contributed by atoms with van der Waals surface area (Å²) in [4.78, 5) is 17.0. The zero-order chi connectivity index (χ0) is 15.3. The van der Waals surface area contributed by atoms with Gasteiger partial charge in [-0.3, -0.25) is 9.78 Å². The summed E-state index contributed by atoms with van der Waals surface area (Å²) in [7, 11) is 0. The van der Waals surface area contributed by atoms with Gasteiger partial charge in [0.25, 0.3) is 5.91 Å². The Morgan fingerprint density at radius 1 is 1.32 bits per heavy atom. The lowest BCUT2D eigenvalue weighted by atomic mass is 9.76. The number of hydrogen-bond acceptors (Lipinski definition) is 3. The monoisotopic (exact) mass is 296 g/mol. The molecule has 1 N–H and O–H groups in total. The molecule has 0 spiro atoms. The summed E-state index contributed by atoms with van der Waals surface area (Å²) < 4.78 is 5.59. The molecule has 2 heterocycles. The van der Waals surface area contributed by atoms with Crippen molar-refractivity contribution >= 4 is 16.8 Å². The van der Waals surface area contributed by atoms with E-state index in [0.717, 1.165) is 36.0 Å². The number of aromatic nitrogens is 1. The lowest BCUT2D eigenvalue weighted by Gasteiger charge is -2.39. The van der Waals surface area contributed by atoms with Gasteiger partial charge in [0, 0.05) is 35.2 Å². The summed E-state index contributed by atoms with van der Waals surface area (Å²) in [6, 6.07) is 8.11. The first-order chi connectivity index (χ1) is 10.6. The molecule has 2 fully saturated rings. The second-order valence-electron chi connectivity index (χ2n) is 6.49. The van der Waals surface area contributed by atoms with E-state index in [9.17, 15) is 4.79 Å². The highest BCUT2D eigenvalue weighted by molar-refractivity contribution is 5.98. The van der Waals surface area contributed by atoms with Gasteiger partial charge in [-0.05, 0) is 50.5 Å². The first-order valence-electron chi connectivity index (χ1n) is 7.92. The van der Waals surface area contributed by atoms with Gasteiger partial charge >= 0.3 is 0 Å². The van der Waals surface area contributed by atoms with Crippen LogP contribution >= 0.6 is 0 Å². The van der Waals surface area contributed by atoms with Crippen molar-refractivity contribution < 1.29 is 9.53 Å². The summed E-state index contributed by atoms with van der Waals surface area (Å²) >= 11 is 0. The molecule has 4 nitrogen and oxygen atoms in total. The number of carbonyl (C=O) groups excluding carboxylic acids is 1. The van der Waals surface area contributed by atoms with Crippen molar-refractivity contribution in [2.24, 2.45) is 5.92 Å². The zero-order valence-electron chi connectivity index (χ0n) is 12.9. The summed E-state index contributed by atoms with van der Waals surface area (Å²) in [6.45, 7) is 4.89. The molecule has 1 aromatic heterocycles. The van der Waals surface area contributed by atoms with Crippen molar-refractivity contribution in [2.75, 3.05) is 6.61 Å². The number of hydrogen-bond donors (Lipinski definition) is 1. The van der Waals surface area contributed by atoms with E-state index in [-0.39, 0.29) is 11.9 Å². The summed E-state index contributed by atoms with van der Waals surface area (Å²) in [5.74, 6) is 0.505. The number of carbonyl (C=O) groups is 1. The second kappa shape index (κ2) is 5.06. The standard InChI is InChI=1S/C18H20N2O2/c1-10-7-11(2)19-15-8-12(3-4-13(10)15)18(21)20-16-9-17-14(16)5-6-22-17/h3-4,7-8,14,16-17H,5-6,9H2,1-2H3,(H,20,21)/t14-,16+,17+/m1/s1. The van der Waals surface area contributed by atoms with E-state index in [1.54, 1.807) is 0 Å². The van der Waals surface area contributed by atoms with Crippen molar-refractivity contribution in [3.8, 4) is 0 Å². The third-order valence-electron chi connectivity index (χ3n) is 4.99. The third-order valence-corrected chi connectivity index (χ3v) is 4.99. The minimum absolute atomic E-state index is 0.00166. The average Bonchev–Trinajstić information content (AvgIpc) is 2.85. The fourth-order valence-corrected chi connectivity index (χ4v) is 3.73. The first-order valence-corrected chi connectivity index (χ1v) is 7.92. The maximum absolute atomic E-state index is 12.5. The Morgan fingerprint density at radius 2 is 2.18 bits per heavy atom. The van der Waals surface area contributed by atoms with Crippen LogP contribution in [0.3, 0.4) is 0 Å². The van der Waals surface area contributed by atoms with E-state index in [2.05, 4.69) is 23.3 Å². The normalized spacial score (nSPS) is 26.5. The van der Waals surface area contributed by atoms with E-state index in [1.807, 2.05) is 25.1 Å². The van der Waals surface area contributed by atoms with Gasteiger partial charge in [-0.2, -0.15) is 0 Å². The van der Waals surface area contributed by atoms with Crippen LogP contribution in [-0.4, -0.2) is 29.6 Å². The average molecular weight is 296 g/mol. The van der Waals surface area contributed by atoms with E-state index < -0.39 is 0 Å². The number of amides is 1. The molecular weight excluding hydrogens is 276 g/mol. The molecule has 0 unspecified atom stereocenters. The summed E-state index contributed by atoms with van der Waals surface area (Å²) in [6.07, 6.45) is 2.38. The number of aryl methyl sites for hydroxylation is 2. The SMILES string of the molecule is Cc1cc(C)c2ccc(C(=O)N[C@H]3C[C@@H]4OCC[C@H]34)cc2n1. The lowest BCUT2D eigenvalue weighted by molar-refractivity contribution is 0.00810. The van der Waals surface area contributed by atoms with Crippen molar-refractivity contribution in [1.82, 2.24) is 10.3 Å². The van der Waals surface area contributed by atoms with Crippen molar-refractivity contribution in [3.05, 3.63) is 41.1 Å². The molecule has 1 amide bonds. The van der Waals surface area contributed by atoms with Crippen LogP contribution in [-0.2, 0) is 4.74 Å². The van der Waals surface area contributed by atoms with E-state index in [0.29, 0.717) is 17.6 Å². The topological polar surface area (TPSA) is 51.2 Å². The molecule has 1 saturated carbocycles. The van der Waals surface area contributed by atoms with Gasteiger partial charge in [0.15, 0.2) is 0 Å². The van der Waals surface area contributed by atoms with Crippen molar-refractivity contribution in [1.29, 1.82) is 0 Å². The zero-order valence-corrected chi connectivity index (χ0v) is 12.9. The number of rotatable bonds is 2.